The highest BCUT2D eigenvalue weighted by atomic mass is 127. The third-order valence-corrected chi connectivity index (χ3v) is 3.40. The number of aliphatic imine (C=N–C) groups is 1. The number of anilines is 1. The summed E-state index contributed by atoms with van der Waals surface area (Å²) in [5.41, 5.74) is 7.57. The standard InChI is InChI=1S/C16H18ClN3O2.HI/c1-21-14-8-7-12(9-15(14)22-2)20-16(18)19-10-11-5-3-4-6-13(11)17;/h3-9H,10H2,1-2H3,(H3,18,19,20);1H. The van der Waals surface area contributed by atoms with Crippen molar-refractivity contribution in [1.82, 2.24) is 0 Å². The molecule has 5 nitrogen and oxygen atoms in total. The van der Waals surface area contributed by atoms with E-state index in [1.54, 1.807) is 26.4 Å². The van der Waals surface area contributed by atoms with Crippen LogP contribution < -0.4 is 20.5 Å². The molecule has 0 unspecified atom stereocenters. The van der Waals surface area contributed by atoms with E-state index in [0.717, 1.165) is 11.3 Å². The fraction of sp³-hybridized carbons (Fsp3) is 0.188. The van der Waals surface area contributed by atoms with Crippen LogP contribution in [0.4, 0.5) is 5.69 Å². The first-order valence-electron chi connectivity index (χ1n) is 6.66. The monoisotopic (exact) mass is 447 g/mol. The van der Waals surface area contributed by atoms with E-state index in [4.69, 9.17) is 26.8 Å². The van der Waals surface area contributed by atoms with Crippen LogP contribution in [0.1, 0.15) is 5.56 Å². The summed E-state index contributed by atoms with van der Waals surface area (Å²) in [4.78, 5) is 4.28. The summed E-state index contributed by atoms with van der Waals surface area (Å²) in [6, 6.07) is 12.9. The highest BCUT2D eigenvalue weighted by Crippen LogP contribution is 2.29. The number of nitrogens with one attached hydrogen (secondary N) is 1. The zero-order valence-corrected chi connectivity index (χ0v) is 16.0. The second kappa shape index (κ2) is 9.46. The van der Waals surface area contributed by atoms with Crippen LogP contribution in [0.5, 0.6) is 11.5 Å². The maximum absolute atomic E-state index is 6.08. The van der Waals surface area contributed by atoms with Gasteiger partial charge in [0, 0.05) is 16.8 Å². The Morgan fingerprint density at radius 2 is 1.83 bits per heavy atom. The molecule has 2 aromatic carbocycles. The number of hydrogen-bond acceptors (Lipinski definition) is 3. The Morgan fingerprint density at radius 1 is 1.13 bits per heavy atom. The Morgan fingerprint density at radius 3 is 2.48 bits per heavy atom. The SMILES string of the molecule is COc1ccc(NC(N)=NCc2ccccc2Cl)cc1OC.I. The van der Waals surface area contributed by atoms with Gasteiger partial charge in [-0.05, 0) is 23.8 Å². The first-order valence-corrected chi connectivity index (χ1v) is 7.04. The second-order valence-corrected chi connectivity index (χ2v) is 4.89. The van der Waals surface area contributed by atoms with Crippen molar-refractivity contribution in [3.8, 4) is 11.5 Å². The fourth-order valence-electron chi connectivity index (χ4n) is 1.90. The number of nitrogens with zero attached hydrogens (tertiary/aromatic N) is 1. The molecular weight excluding hydrogens is 429 g/mol. The van der Waals surface area contributed by atoms with Crippen molar-refractivity contribution in [2.24, 2.45) is 10.7 Å². The van der Waals surface area contributed by atoms with Crippen LogP contribution in [0.15, 0.2) is 47.5 Å². The molecule has 2 rings (SSSR count). The fourth-order valence-corrected chi connectivity index (χ4v) is 2.09. The molecule has 0 atom stereocenters. The number of methoxy groups -OCH3 is 2. The van der Waals surface area contributed by atoms with E-state index in [1.165, 1.54) is 0 Å². The van der Waals surface area contributed by atoms with Crippen molar-refractivity contribution in [2.45, 2.75) is 6.54 Å². The zero-order valence-electron chi connectivity index (χ0n) is 12.9. The van der Waals surface area contributed by atoms with Gasteiger partial charge in [0.25, 0.3) is 0 Å². The van der Waals surface area contributed by atoms with Crippen molar-refractivity contribution in [2.75, 3.05) is 19.5 Å². The quantitative estimate of drug-likeness (QED) is 0.414. The first kappa shape index (κ1) is 19.4. The summed E-state index contributed by atoms with van der Waals surface area (Å²) in [5.74, 6) is 1.57. The number of hydrogen-bond donors (Lipinski definition) is 2. The lowest BCUT2D eigenvalue weighted by atomic mass is 10.2. The summed E-state index contributed by atoms with van der Waals surface area (Å²) in [7, 11) is 3.17. The summed E-state index contributed by atoms with van der Waals surface area (Å²) >= 11 is 6.08. The van der Waals surface area contributed by atoms with Crippen molar-refractivity contribution in [1.29, 1.82) is 0 Å². The highest BCUT2D eigenvalue weighted by Gasteiger charge is 2.05. The lowest BCUT2D eigenvalue weighted by Gasteiger charge is -2.11. The first-order chi connectivity index (χ1) is 10.6. The van der Waals surface area contributed by atoms with Crippen LogP contribution in [-0.2, 0) is 6.54 Å². The molecule has 0 aliphatic heterocycles. The van der Waals surface area contributed by atoms with Gasteiger partial charge in [-0.3, -0.25) is 0 Å². The molecule has 0 fully saturated rings. The maximum Gasteiger partial charge on any atom is 0.193 e. The molecule has 124 valence electrons. The summed E-state index contributed by atoms with van der Waals surface area (Å²) < 4.78 is 10.4. The van der Waals surface area contributed by atoms with Crippen molar-refractivity contribution < 1.29 is 9.47 Å². The molecule has 0 saturated carbocycles. The average molecular weight is 448 g/mol. The Bertz CT molecular complexity index is 680. The van der Waals surface area contributed by atoms with Gasteiger partial charge in [-0.1, -0.05) is 29.8 Å². The number of halogens is 2. The third-order valence-electron chi connectivity index (χ3n) is 3.03. The number of rotatable bonds is 5. The molecule has 0 radical (unpaired) electrons. The number of ether oxygens (including phenoxy) is 2. The minimum Gasteiger partial charge on any atom is -0.493 e. The van der Waals surface area contributed by atoms with Crippen LogP contribution in [0, 0.1) is 0 Å². The minimum atomic E-state index is 0. The van der Waals surface area contributed by atoms with Gasteiger partial charge in [-0.15, -0.1) is 24.0 Å². The predicted octanol–water partition coefficient (Wildman–Crippen LogP) is 3.90. The molecule has 0 saturated heterocycles. The molecule has 0 aliphatic carbocycles. The second-order valence-electron chi connectivity index (χ2n) is 4.49. The van der Waals surface area contributed by atoms with E-state index < -0.39 is 0 Å². The van der Waals surface area contributed by atoms with Gasteiger partial charge in [0.1, 0.15) is 0 Å². The number of benzene rings is 2. The highest BCUT2D eigenvalue weighted by molar-refractivity contribution is 14.0. The molecule has 0 bridgehead atoms. The number of nitrogens with two attached hydrogens (primary N) is 1. The van der Waals surface area contributed by atoms with Gasteiger partial charge >= 0.3 is 0 Å². The molecule has 0 aromatic heterocycles. The predicted molar refractivity (Wildman–Crippen MR) is 105 cm³/mol. The van der Waals surface area contributed by atoms with Gasteiger partial charge < -0.3 is 20.5 Å². The van der Waals surface area contributed by atoms with E-state index in [1.807, 2.05) is 30.3 Å². The van der Waals surface area contributed by atoms with E-state index in [0.29, 0.717) is 29.0 Å². The zero-order chi connectivity index (χ0) is 15.9. The van der Waals surface area contributed by atoms with Crippen LogP contribution >= 0.6 is 35.6 Å². The molecule has 0 amide bonds. The van der Waals surface area contributed by atoms with Crippen molar-refractivity contribution in [3.63, 3.8) is 0 Å². The van der Waals surface area contributed by atoms with Gasteiger partial charge in [-0.2, -0.15) is 0 Å². The Hall–Kier alpha value is -1.67. The van der Waals surface area contributed by atoms with E-state index in [2.05, 4.69) is 10.3 Å². The number of guanidine groups is 1. The minimum absolute atomic E-state index is 0. The maximum atomic E-state index is 6.08. The van der Waals surface area contributed by atoms with Gasteiger partial charge in [-0.25, -0.2) is 4.99 Å². The van der Waals surface area contributed by atoms with E-state index >= 15 is 0 Å². The molecule has 3 N–H and O–H groups in total. The topological polar surface area (TPSA) is 68.9 Å². The molecule has 7 heteroatoms. The van der Waals surface area contributed by atoms with E-state index in [-0.39, 0.29) is 24.0 Å². The normalized spacial score (nSPS) is 10.7. The van der Waals surface area contributed by atoms with Crippen LogP contribution in [0.25, 0.3) is 0 Å². The molecule has 0 aliphatic rings. The van der Waals surface area contributed by atoms with E-state index in [9.17, 15) is 0 Å². The van der Waals surface area contributed by atoms with Crippen LogP contribution in [-0.4, -0.2) is 20.2 Å². The smallest absolute Gasteiger partial charge is 0.193 e. The molecule has 0 heterocycles. The molecular formula is C16H19ClIN3O2. The van der Waals surface area contributed by atoms with Gasteiger partial charge in [0.05, 0.1) is 20.8 Å². The van der Waals surface area contributed by atoms with Crippen molar-refractivity contribution >= 4 is 47.2 Å². The third kappa shape index (κ3) is 5.47. The lowest BCUT2D eigenvalue weighted by molar-refractivity contribution is 0.355. The molecule has 23 heavy (non-hydrogen) atoms. The lowest BCUT2D eigenvalue weighted by Crippen LogP contribution is -2.22. The van der Waals surface area contributed by atoms with Crippen LogP contribution in [0.2, 0.25) is 5.02 Å². The summed E-state index contributed by atoms with van der Waals surface area (Å²) in [6.07, 6.45) is 0. The van der Waals surface area contributed by atoms with Gasteiger partial charge in [0.15, 0.2) is 17.5 Å². The Balaban J connectivity index is 0.00000264. The molecule has 2 aromatic rings. The Labute approximate surface area is 157 Å². The average Bonchev–Trinajstić information content (AvgIpc) is 2.54. The summed E-state index contributed by atoms with van der Waals surface area (Å²) in [5, 5.41) is 3.68. The van der Waals surface area contributed by atoms with Crippen molar-refractivity contribution in [3.05, 3.63) is 53.1 Å². The van der Waals surface area contributed by atoms with Gasteiger partial charge in [0.2, 0.25) is 0 Å². The van der Waals surface area contributed by atoms with Crippen LogP contribution in [0.3, 0.4) is 0 Å². The largest absolute Gasteiger partial charge is 0.493 e. The Kier molecular flexibility index (Phi) is 7.97. The molecule has 0 spiro atoms. The summed E-state index contributed by atoms with van der Waals surface area (Å²) in [6.45, 7) is 0.409.